The highest BCUT2D eigenvalue weighted by atomic mass is 32.2. The third-order valence-corrected chi connectivity index (χ3v) is 6.69. The zero-order valence-corrected chi connectivity index (χ0v) is 16.6. The number of aryl methyl sites for hydroxylation is 1. The van der Waals surface area contributed by atoms with Gasteiger partial charge in [-0.05, 0) is 44.0 Å². The molecule has 1 saturated carbocycles. The van der Waals surface area contributed by atoms with E-state index in [2.05, 4.69) is 5.32 Å². The van der Waals surface area contributed by atoms with Crippen LogP contribution >= 0.6 is 0 Å². The Morgan fingerprint density at radius 2 is 1.63 bits per heavy atom. The van der Waals surface area contributed by atoms with E-state index in [1.54, 1.807) is 36.4 Å². The first-order valence-electron chi connectivity index (χ1n) is 9.63. The van der Waals surface area contributed by atoms with Crippen molar-refractivity contribution in [3.05, 3.63) is 53.5 Å². The molecule has 0 bridgehead atoms. The molecule has 0 unspecified atom stereocenters. The van der Waals surface area contributed by atoms with Crippen molar-refractivity contribution in [3.8, 4) is 0 Å². The molecule has 2 aromatic rings. The number of benzene rings is 1. The third-order valence-electron chi connectivity index (χ3n) is 5.04. The van der Waals surface area contributed by atoms with Crippen LogP contribution < -0.4 is 5.32 Å². The van der Waals surface area contributed by atoms with Crippen molar-refractivity contribution in [2.45, 2.75) is 68.6 Å². The fraction of sp³-hybridized carbons (Fsp3) is 0.476. The van der Waals surface area contributed by atoms with E-state index in [-0.39, 0.29) is 34.1 Å². The molecular weight excluding hydrogens is 362 g/mol. The fourth-order valence-corrected chi connectivity index (χ4v) is 4.70. The molecule has 6 heteroatoms. The van der Waals surface area contributed by atoms with E-state index in [9.17, 15) is 13.2 Å². The van der Waals surface area contributed by atoms with Crippen molar-refractivity contribution in [2.24, 2.45) is 0 Å². The summed E-state index contributed by atoms with van der Waals surface area (Å²) in [6, 6.07) is 10.0. The Kier molecular flexibility index (Phi) is 6.37. The van der Waals surface area contributed by atoms with Gasteiger partial charge in [0.15, 0.2) is 15.6 Å². The molecule has 0 aliphatic heterocycles. The highest BCUT2D eigenvalue weighted by Crippen LogP contribution is 2.20. The standard InChI is InChI=1S/C21H27NO4S/c1-16-9-12-19(13-10-16)27(24,25)15-18-11-14-20(26-18)21(23)22-17-7-5-3-2-4-6-8-17/h9-14,17H,2-8,15H2,1H3,(H,22,23). The summed E-state index contributed by atoms with van der Waals surface area (Å²) < 4.78 is 30.6. The van der Waals surface area contributed by atoms with E-state index >= 15 is 0 Å². The van der Waals surface area contributed by atoms with E-state index in [0.29, 0.717) is 0 Å². The van der Waals surface area contributed by atoms with Gasteiger partial charge in [-0.1, -0.05) is 49.8 Å². The topological polar surface area (TPSA) is 76.4 Å². The van der Waals surface area contributed by atoms with Crippen LogP contribution in [0.4, 0.5) is 0 Å². The van der Waals surface area contributed by atoms with Crippen LogP contribution in [0, 0.1) is 6.92 Å². The molecule has 0 radical (unpaired) electrons. The van der Waals surface area contributed by atoms with Crippen LogP contribution in [-0.2, 0) is 15.6 Å². The number of carbonyl (C=O) groups is 1. The number of rotatable bonds is 5. The monoisotopic (exact) mass is 389 g/mol. The van der Waals surface area contributed by atoms with E-state index in [4.69, 9.17) is 4.42 Å². The van der Waals surface area contributed by atoms with Gasteiger partial charge < -0.3 is 9.73 Å². The molecule has 0 atom stereocenters. The Bertz CT molecular complexity index is 860. The summed E-state index contributed by atoms with van der Waals surface area (Å²) in [5, 5.41) is 3.03. The van der Waals surface area contributed by atoms with Gasteiger partial charge in [0.1, 0.15) is 11.5 Å². The van der Waals surface area contributed by atoms with E-state index in [1.807, 2.05) is 6.92 Å². The lowest BCUT2D eigenvalue weighted by atomic mass is 9.97. The lowest BCUT2D eigenvalue weighted by Crippen LogP contribution is -2.35. The summed E-state index contributed by atoms with van der Waals surface area (Å²) in [6.07, 6.45) is 7.94. The number of hydrogen-bond donors (Lipinski definition) is 1. The molecule has 1 aromatic carbocycles. The van der Waals surface area contributed by atoms with Crippen LogP contribution in [0.15, 0.2) is 45.7 Å². The predicted octanol–water partition coefficient (Wildman–Crippen LogP) is 4.40. The zero-order chi connectivity index (χ0) is 19.3. The highest BCUT2D eigenvalue weighted by molar-refractivity contribution is 7.90. The number of carbonyl (C=O) groups excluding carboxylic acids is 1. The Labute approximate surface area is 161 Å². The SMILES string of the molecule is Cc1ccc(S(=O)(=O)Cc2ccc(C(=O)NC3CCCCCCC3)o2)cc1. The molecule has 3 rings (SSSR count). The average molecular weight is 390 g/mol. The molecule has 1 fully saturated rings. The van der Waals surface area contributed by atoms with Crippen LogP contribution in [0.25, 0.3) is 0 Å². The Morgan fingerprint density at radius 3 is 2.30 bits per heavy atom. The second kappa shape index (κ2) is 8.74. The minimum atomic E-state index is -3.50. The summed E-state index contributed by atoms with van der Waals surface area (Å²) in [5.74, 6) is -0.0728. The second-order valence-electron chi connectivity index (χ2n) is 7.35. The zero-order valence-electron chi connectivity index (χ0n) is 15.7. The van der Waals surface area contributed by atoms with Gasteiger partial charge in [0.25, 0.3) is 5.91 Å². The largest absolute Gasteiger partial charge is 0.455 e. The molecule has 1 N–H and O–H groups in total. The Morgan fingerprint density at radius 1 is 1.00 bits per heavy atom. The summed E-state index contributed by atoms with van der Waals surface area (Å²) in [6.45, 7) is 1.91. The normalized spacial score (nSPS) is 16.5. The lowest BCUT2D eigenvalue weighted by Gasteiger charge is -2.20. The van der Waals surface area contributed by atoms with Gasteiger partial charge in [0.05, 0.1) is 4.90 Å². The van der Waals surface area contributed by atoms with Crippen LogP contribution in [0.5, 0.6) is 0 Å². The fourth-order valence-electron chi connectivity index (χ4n) is 3.45. The van der Waals surface area contributed by atoms with Crippen LogP contribution in [-0.4, -0.2) is 20.4 Å². The van der Waals surface area contributed by atoms with Gasteiger partial charge in [0, 0.05) is 6.04 Å². The number of furan rings is 1. The van der Waals surface area contributed by atoms with E-state index in [1.165, 1.54) is 19.3 Å². The van der Waals surface area contributed by atoms with Gasteiger partial charge >= 0.3 is 0 Å². The first-order valence-corrected chi connectivity index (χ1v) is 11.3. The van der Waals surface area contributed by atoms with Gasteiger partial charge in [-0.25, -0.2) is 8.42 Å². The molecule has 1 heterocycles. The molecule has 1 aliphatic carbocycles. The first-order chi connectivity index (χ1) is 12.9. The number of amides is 1. The summed E-state index contributed by atoms with van der Waals surface area (Å²) in [5.41, 5.74) is 1.00. The third kappa shape index (κ3) is 5.45. The molecule has 27 heavy (non-hydrogen) atoms. The predicted molar refractivity (Wildman–Crippen MR) is 104 cm³/mol. The molecule has 5 nitrogen and oxygen atoms in total. The lowest BCUT2D eigenvalue weighted by molar-refractivity contribution is 0.0900. The average Bonchev–Trinajstić information content (AvgIpc) is 3.05. The van der Waals surface area contributed by atoms with E-state index < -0.39 is 9.84 Å². The van der Waals surface area contributed by atoms with Crippen molar-refractivity contribution in [3.63, 3.8) is 0 Å². The summed E-state index contributed by atoms with van der Waals surface area (Å²) in [7, 11) is -3.50. The molecule has 1 aromatic heterocycles. The van der Waals surface area contributed by atoms with Gasteiger partial charge in [-0.15, -0.1) is 0 Å². The minimum absolute atomic E-state index is 0.169. The first kappa shape index (κ1) is 19.7. The van der Waals surface area contributed by atoms with E-state index in [0.717, 1.165) is 31.2 Å². The molecule has 0 saturated heterocycles. The van der Waals surface area contributed by atoms with Crippen molar-refractivity contribution in [1.29, 1.82) is 0 Å². The van der Waals surface area contributed by atoms with Crippen molar-refractivity contribution in [1.82, 2.24) is 5.32 Å². The van der Waals surface area contributed by atoms with Gasteiger partial charge in [-0.3, -0.25) is 4.79 Å². The molecular formula is C21H27NO4S. The molecule has 1 amide bonds. The molecule has 1 aliphatic rings. The van der Waals surface area contributed by atoms with Crippen molar-refractivity contribution >= 4 is 15.7 Å². The molecule has 0 spiro atoms. The maximum Gasteiger partial charge on any atom is 0.287 e. The van der Waals surface area contributed by atoms with Crippen molar-refractivity contribution in [2.75, 3.05) is 0 Å². The molecule has 146 valence electrons. The summed E-state index contributed by atoms with van der Waals surface area (Å²) >= 11 is 0. The number of sulfone groups is 1. The number of nitrogens with one attached hydrogen (secondary N) is 1. The van der Waals surface area contributed by atoms with Gasteiger partial charge in [-0.2, -0.15) is 0 Å². The smallest absolute Gasteiger partial charge is 0.287 e. The highest BCUT2D eigenvalue weighted by Gasteiger charge is 2.21. The Hall–Kier alpha value is -2.08. The minimum Gasteiger partial charge on any atom is -0.455 e. The second-order valence-corrected chi connectivity index (χ2v) is 9.34. The number of hydrogen-bond acceptors (Lipinski definition) is 4. The quantitative estimate of drug-likeness (QED) is 0.822. The maximum atomic E-state index is 12.5. The summed E-state index contributed by atoms with van der Waals surface area (Å²) in [4.78, 5) is 12.7. The van der Waals surface area contributed by atoms with Gasteiger partial charge in [0.2, 0.25) is 0 Å². The van der Waals surface area contributed by atoms with Crippen LogP contribution in [0.3, 0.4) is 0 Å². The van der Waals surface area contributed by atoms with Crippen LogP contribution in [0.1, 0.15) is 66.8 Å². The maximum absolute atomic E-state index is 12.5. The van der Waals surface area contributed by atoms with Crippen molar-refractivity contribution < 1.29 is 17.6 Å². The Balaban J connectivity index is 1.63. The van der Waals surface area contributed by atoms with Crippen LogP contribution in [0.2, 0.25) is 0 Å².